The van der Waals surface area contributed by atoms with Crippen LogP contribution in [0.2, 0.25) is 0 Å². The second-order valence-corrected chi connectivity index (χ2v) is 8.08. The van der Waals surface area contributed by atoms with Crippen LogP contribution in [0.25, 0.3) is 0 Å². The van der Waals surface area contributed by atoms with Crippen LogP contribution in [0, 0.1) is 0 Å². The lowest BCUT2D eigenvalue weighted by molar-refractivity contribution is 0.168. The summed E-state index contributed by atoms with van der Waals surface area (Å²) in [6.07, 6.45) is 4.25. The first-order valence-electron chi connectivity index (χ1n) is 8.83. The lowest BCUT2D eigenvalue weighted by Gasteiger charge is -2.34. The van der Waals surface area contributed by atoms with Crippen molar-refractivity contribution in [2.24, 2.45) is 0 Å². The Morgan fingerprint density at radius 3 is 2.92 bits per heavy atom. The average Bonchev–Trinajstić information content (AvgIpc) is 3.15. The Labute approximate surface area is 154 Å². The molecule has 0 spiro atoms. The Morgan fingerprint density at radius 2 is 2.19 bits per heavy atom. The first-order valence-corrected chi connectivity index (χ1v) is 10.3. The molecule has 2 aromatic rings. The molecule has 1 aromatic heterocycles. The van der Waals surface area contributed by atoms with Crippen molar-refractivity contribution in [2.75, 3.05) is 26.9 Å². The highest BCUT2D eigenvalue weighted by Crippen LogP contribution is 2.38. The smallest absolute Gasteiger partial charge is 0.246 e. The SMILES string of the molecule is CCn1cc(S(=O)(=O)N(CCCOC)[C@H]2CCOc3ccccc32)cn1. The summed E-state index contributed by atoms with van der Waals surface area (Å²) in [5.41, 5.74) is 0.905. The van der Waals surface area contributed by atoms with Gasteiger partial charge in [0.05, 0.1) is 18.8 Å². The van der Waals surface area contributed by atoms with Gasteiger partial charge in [0.25, 0.3) is 0 Å². The molecular formula is C18H25N3O4S. The molecule has 0 saturated heterocycles. The molecule has 1 aliphatic rings. The number of ether oxygens (including phenoxy) is 2. The predicted octanol–water partition coefficient (Wildman–Crippen LogP) is 2.45. The van der Waals surface area contributed by atoms with Crippen LogP contribution in [0.4, 0.5) is 0 Å². The molecule has 0 amide bonds. The number of rotatable bonds is 8. The molecule has 0 radical (unpaired) electrons. The molecule has 0 bridgehead atoms. The molecule has 1 aromatic carbocycles. The van der Waals surface area contributed by atoms with E-state index in [-0.39, 0.29) is 10.9 Å². The van der Waals surface area contributed by atoms with Crippen LogP contribution in [-0.4, -0.2) is 49.4 Å². The van der Waals surface area contributed by atoms with Gasteiger partial charge in [-0.25, -0.2) is 8.42 Å². The van der Waals surface area contributed by atoms with E-state index in [1.807, 2.05) is 31.2 Å². The van der Waals surface area contributed by atoms with Gasteiger partial charge in [-0.2, -0.15) is 9.40 Å². The van der Waals surface area contributed by atoms with Gasteiger partial charge < -0.3 is 9.47 Å². The van der Waals surface area contributed by atoms with Crippen LogP contribution >= 0.6 is 0 Å². The number of fused-ring (bicyclic) bond motifs is 1. The van der Waals surface area contributed by atoms with Gasteiger partial charge >= 0.3 is 0 Å². The van der Waals surface area contributed by atoms with Gasteiger partial charge in [-0.05, 0) is 19.4 Å². The van der Waals surface area contributed by atoms with Crippen molar-refractivity contribution in [1.82, 2.24) is 14.1 Å². The third-order valence-electron chi connectivity index (χ3n) is 4.54. The van der Waals surface area contributed by atoms with Crippen molar-refractivity contribution in [3.63, 3.8) is 0 Å². The normalized spacial score (nSPS) is 17.1. The summed E-state index contributed by atoms with van der Waals surface area (Å²) in [6.45, 7) is 3.93. The first-order chi connectivity index (χ1) is 12.6. The number of hydrogen-bond acceptors (Lipinski definition) is 5. The first kappa shape index (κ1) is 18.9. The molecule has 7 nitrogen and oxygen atoms in total. The molecule has 8 heteroatoms. The van der Waals surface area contributed by atoms with Crippen LogP contribution in [0.1, 0.15) is 31.4 Å². The lowest BCUT2D eigenvalue weighted by Crippen LogP contribution is -2.38. The molecule has 26 heavy (non-hydrogen) atoms. The Hall–Kier alpha value is -1.90. The number of para-hydroxylation sites is 1. The lowest BCUT2D eigenvalue weighted by atomic mass is 10.0. The number of nitrogens with zero attached hydrogens (tertiary/aromatic N) is 3. The molecule has 0 aliphatic carbocycles. The Kier molecular flexibility index (Phi) is 5.95. The zero-order valence-corrected chi connectivity index (χ0v) is 16.0. The van der Waals surface area contributed by atoms with Crippen LogP contribution in [0.5, 0.6) is 5.75 Å². The fourth-order valence-corrected chi connectivity index (χ4v) is 4.85. The van der Waals surface area contributed by atoms with E-state index in [1.165, 1.54) is 6.20 Å². The second kappa shape index (κ2) is 8.20. The highest BCUT2D eigenvalue weighted by Gasteiger charge is 2.36. The van der Waals surface area contributed by atoms with E-state index in [4.69, 9.17) is 9.47 Å². The summed E-state index contributed by atoms with van der Waals surface area (Å²) in [7, 11) is -2.06. The molecule has 3 rings (SSSR count). The van der Waals surface area contributed by atoms with E-state index < -0.39 is 10.0 Å². The molecule has 142 valence electrons. The predicted molar refractivity (Wildman–Crippen MR) is 97.6 cm³/mol. The van der Waals surface area contributed by atoms with Gasteiger partial charge in [0.1, 0.15) is 10.6 Å². The van der Waals surface area contributed by atoms with Crippen LogP contribution in [-0.2, 0) is 21.3 Å². The monoisotopic (exact) mass is 379 g/mol. The number of hydrogen-bond donors (Lipinski definition) is 0. The van der Waals surface area contributed by atoms with Crippen molar-refractivity contribution in [3.8, 4) is 5.75 Å². The summed E-state index contributed by atoms with van der Waals surface area (Å²) in [4.78, 5) is 0.223. The summed E-state index contributed by atoms with van der Waals surface area (Å²) < 4.78 is 40.7. The van der Waals surface area contributed by atoms with Crippen molar-refractivity contribution in [1.29, 1.82) is 0 Å². The van der Waals surface area contributed by atoms with Crippen molar-refractivity contribution < 1.29 is 17.9 Å². The van der Waals surface area contributed by atoms with Crippen LogP contribution in [0.3, 0.4) is 0 Å². The minimum Gasteiger partial charge on any atom is -0.493 e. The fourth-order valence-electron chi connectivity index (χ4n) is 3.22. The summed E-state index contributed by atoms with van der Waals surface area (Å²) in [5, 5.41) is 4.13. The Balaban J connectivity index is 1.98. The Morgan fingerprint density at radius 1 is 1.38 bits per heavy atom. The molecule has 1 atom stereocenters. The van der Waals surface area contributed by atoms with E-state index in [9.17, 15) is 8.42 Å². The van der Waals surface area contributed by atoms with Gasteiger partial charge in [-0.3, -0.25) is 4.68 Å². The topological polar surface area (TPSA) is 73.7 Å². The summed E-state index contributed by atoms with van der Waals surface area (Å²) in [6, 6.07) is 7.38. The Bertz CT molecular complexity index is 834. The number of aromatic nitrogens is 2. The van der Waals surface area contributed by atoms with E-state index in [1.54, 1.807) is 22.3 Å². The van der Waals surface area contributed by atoms with E-state index in [2.05, 4.69) is 5.10 Å². The number of methoxy groups -OCH3 is 1. The molecule has 0 N–H and O–H groups in total. The van der Waals surface area contributed by atoms with Gasteiger partial charge in [0, 0.05) is 45.0 Å². The fraction of sp³-hybridized carbons (Fsp3) is 0.500. The zero-order valence-electron chi connectivity index (χ0n) is 15.2. The molecule has 2 heterocycles. The zero-order chi connectivity index (χ0) is 18.6. The van der Waals surface area contributed by atoms with Crippen LogP contribution < -0.4 is 4.74 Å². The summed E-state index contributed by atoms with van der Waals surface area (Å²) in [5.74, 6) is 0.750. The minimum absolute atomic E-state index is 0.223. The maximum absolute atomic E-state index is 13.4. The molecule has 0 unspecified atom stereocenters. The minimum atomic E-state index is -3.67. The van der Waals surface area contributed by atoms with Gasteiger partial charge in [-0.15, -0.1) is 0 Å². The van der Waals surface area contributed by atoms with E-state index in [0.29, 0.717) is 39.1 Å². The average molecular weight is 379 g/mol. The number of benzene rings is 1. The largest absolute Gasteiger partial charge is 0.493 e. The van der Waals surface area contributed by atoms with E-state index in [0.717, 1.165) is 11.3 Å². The number of sulfonamides is 1. The highest BCUT2D eigenvalue weighted by atomic mass is 32.2. The third-order valence-corrected chi connectivity index (χ3v) is 6.40. The van der Waals surface area contributed by atoms with Crippen molar-refractivity contribution in [2.45, 2.75) is 37.2 Å². The van der Waals surface area contributed by atoms with Gasteiger partial charge in [0.15, 0.2) is 0 Å². The molecule has 0 saturated carbocycles. The molecule has 0 fully saturated rings. The van der Waals surface area contributed by atoms with Crippen LogP contribution in [0.15, 0.2) is 41.6 Å². The quantitative estimate of drug-likeness (QED) is 0.659. The van der Waals surface area contributed by atoms with Crippen molar-refractivity contribution in [3.05, 3.63) is 42.2 Å². The maximum Gasteiger partial charge on any atom is 0.246 e. The standard InChI is InChI=1S/C18H25N3O4S/c1-3-20-14-15(13-19-20)26(22,23)21(10-6-11-24-2)17-9-12-25-18-8-5-4-7-16(17)18/h4-5,7-8,13-14,17H,3,6,9-12H2,1-2H3/t17-/m0/s1. The van der Waals surface area contributed by atoms with Gasteiger partial charge in [0.2, 0.25) is 10.0 Å². The van der Waals surface area contributed by atoms with Gasteiger partial charge in [-0.1, -0.05) is 18.2 Å². The highest BCUT2D eigenvalue weighted by molar-refractivity contribution is 7.89. The summed E-state index contributed by atoms with van der Waals surface area (Å²) >= 11 is 0. The third kappa shape index (κ3) is 3.77. The van der Waals surface area contributed by atoms with Crippen molar-refractivity contribution >= 4 is 10.0 Å². The molecular weight excluding hydrogens is 354 g/mol. The second-order valence-electron chi connectivity index (χ2n) is 6.18. The maximum atomic E-state index is 13.4. The molecule has 1 aliphatic heterocycles. The number of aryl methyl sites for hydroxylation is 1. The van der Waals surface area contributed by atoms with E-state index >= 15 is 0 Å².